The molecule has 8 heteroatoms. The summed E-state index contributed by atoms with van der Waals surface area (Å²) in [5, 5.41) is 7.84. The molecule has 0 fully saturated rings. The van der Waals surface area contributed by atoms with Crippen molar-refractivity contribution >= 4 is 29.3 Å². The summed E-state index contributed by atoms with van der Waals surface area (Å²) in [6.45, 7) is 10.9. The Morgan fingerprint density at radius 2 is 1.52 bits per heavy atom. The summed E-state index contributed by atoms with van der Waals surface area (Å²) in [4.78, 5) is 36.3. The summed E-state index contributed by atoms with van der Waals surface area (Å²) in [5.41, 5.74) is 1.52. The Kier molecular flexibility index (Phi) is 8.85. The predicted molar refractivity (Wildman–Crippen MR) is 129 cm³/mol. The first-order valence-electron chi connectivity index (χ1n) is 10.9. The molecule has 33 heavy (non-hydrogen) atoms. The van der Waals surface area contributed by atoms with Gasteiger partial charge in [0.2, 0.25) is 5.91 Å². The first-order chi connectivity index (χ1) is 15.4. The lowest BCUT2D eigenvalue weighted by Crippen LogP contribution is -2.37. The van der Waals surface area contributed by atoms with Crippen molar-refractivity contribution in [3.63, 3.8) is 0 Å². The van der Waals surface area contributed by atoms with Crippen molar-refractivity contribution < 1.29 is 23.9 Å². The smallest absolute Gasteiger partial charge is 0.408 e. The maximum absolute atomic E-state index is 12.5. The molecule has 1 unspecified atom stereocenters. The van der Waals surface area contributed by atoms with Crippen LogP contribution in [0.15, 0.2) is 48.5 Å². The minimum absolute atomic E-state index is 0.244. The molecule has 0 spiro atoms. The van der Waals surface area contributed by atoms with E-state index in [1.54, 1.807) is 52.0 Å². The van der Waals surface area contributed by atoms with Crippen molar-refractivity contribution in [3.8, 4) is 5.75 Å². The molecule has 0 bridgehead atoms. The Bertz CT molecular complexity index is 965. The van der Waals surface area contributed by atoms with Gasteiger partial charge >= 0.3 is 6.09 Å². The van der Waals surface area contributed by atoms with Crippen molar-refractivity contribution in [2.75, 3.05) is 17.2 Å². The predicted octanol–water partition coefficient (Wildman–Crippen LogP) is 4.68. The number of amides is 3. The third-order valence-corrected chi connectivity index (χ3v) is 4.43. The highest BCUT2D eigenvalue weighted by Gasteiger charge is 2.17. The molecular weight excluding hydrogens is 422 g/mol. The molecule has 178 valence electrons. The van der Waals surface area contributed by atoms with Crippen LogP contribution >= 0.6 is 0 Å². The summed E-state index contributed by atoms with van der Waals surface area (Å²) < 4.78 is 10.8. The van der Waals surface area contributed by atoms with Crippen molar-refractivity contribution in [1.29, 1.82) is 0 Å². The summed E-state index contributed by atoms with van der Waals surface area (Å²) in [6, 6.07) is 14.4. The summed E-state index contributed by atoms with van der Waals surface area (Å²) in [5.74, 6) is 0.282. The van der Waals surface area contributed by atoms with Gasteiger partial charge in [-0.2, -0.15) is 0 Å². The standard InChI is InChI=1S/C25H33N3O5/c1-16(2)18-10-12-21(13-11-18)32-17(3)23(30)28-20-9-7-8-19(14-20)27-22(29)15-26-24(31)33-25(4,5)6/h7-14,16-17H,15H2,1-6H3,(H,26,31)(H,27,29)(H,28,30). The minimum atomic E-state index is -0.717. The fraction of sp³-hybridized carbons (Fsp3) is 0.400. The monoisotopic (exact) mass is 455 g/mol. The van der Waals surface area contributed by atoms with Crippen LogP contribution < -0.4 is 20.7 Å². The van der Waals surface area contributed by atoms with Crippen LogP contribution in [0.5, 0.6) is 5.75 Å². The Morgan fingerprint density at radius 1 is 0.909 bits per heavy atom. The first kappa shape index (κ1) is 25.7. The lowest BCUT2D eigenvalue weighted by molar-refractivity contribution is -0.122. The van der Waals surface area contributed by atoms with Crippen LogP contribution in [0.4, 0.5) is 16.2 Å². The number of anilines is 2. The van der Waals surface area contributed by atoms with Gasteiger partial charge < -0.3 is 25.4 Å². The zero-order valence-electron chi connectivity index (χ0n) is 20.0. The molecule has 0 aromatic heterocycles. The minimum Gasteiger partial charge on any atom is -0.481 e. The van der Waals surface area contributed by atoms with Gasteiger partial charge in [0.05, 0.1) is 0 Å². The zero-order valence-corrected chi connectivity index (χ0v) is 20.0. The highest BCUT2D eigenvalue weighted by molar-refractivity contribution is 5.97. The summed E-state index contributed by atoms with van der Waals surface area (Å²) in [6.07, 6.45) is -1.39. The average molecular weight is 456 g/mol. The molecule has 0 aliphatic heterocycles. The molecule has 0 radical (unpaired) electrons. The van der Waals surface area contributed by atoms with E-state index < -0.39 is 23.7 Å². The Labute approximate surface area is 195 Å². The van der Waals surface area contributed by atoms with E-state index >= 15 is 0 Å². The van der Waals surface area contributed by atoms with Gasteiger partial charge in [0.1, 0.15) is 17.9 Å². The number of hydrogen-bond donors (Lipinski definition) is 3. The second-order valence-electron chi connectivity index (χ2n) is 8.96. The molecule has 0 saturated heterocycles. The lowest BCUT2D eigenvalue weighted by Gasteiger charge is -2.19. The van der Waals surface area contributed by atoms with Gasteiger partial charge in [-0.1, -0.05) is 32.0 Å². The highest BCUT2D eigenvalue weighted by atomic mass is 16.6. The SMILES string of the molecule is CC(Oc1ccc(C(C)C)cc1)C(=O)Nc1cccc(NC(=O)CNC(=O)OC(C)(C)C)c1. The van der Waals surface area contributed by atoms with Crippen LogP contribution in [0.25, 0.3) is 0 Å². The lowest BCUT2D eigenvalue weighted by atomic mass is 10.0. The van der Waals surface area contributed by atoms with E-state index in [1.807, 2.05) is 24.3 Å². The van der Waals surface area contributed by atoms with Gasteiger partial charge in [0, 0.05) is 11.4 Å². The molecular formula is C25H33N3O5. The fourth-order valence-corrected chi connectivity index (χ4v) is 2.78. The van der Waals surface area contributed by atoms with Crippen molar-refractivity contribution in [2.45, 2.75) is 59.2 Å². The van der Waals surface area contributed by atoms with Gasteiger partial charge in [-0.25, -0.2) is 4.79 Å². The molecule has 0 saturated carbocycles. The molecule has 2 aromatic carbocycles. The van der Waals surface area contributed by atoms with Crippen molar-refractivity contribution in [2.24, 2.45) is 0 Å². The molecule has 0 aliphatic rings. The van der Waals surface area contributed by atoms with Crippen LogP contribution in [0.1, 0.15) is 53.0 Å². The zero-order chi connectivity index (χ0) is 24.6. The number of rotatable bonds is 8. The normalized spacial score (nSPS) is 12.0. The average Bonchev–Trinajstić information content (AvgIpc) is 2.71. The molecule has 2 aromatic rings. The van der Waals surface area contributed by atoms with Crippen LogP contribution in [-0.2, 0) is 14.3 Å². The van der Waals surface area contributed by atoms with Gasteiger partial charge in [0.25, 0.3) is 5.91 Å². The third-order valence-electron chi connectivity index (χ3n) is 4.43. The number of ether oxygens (including phenoxy) is 2. The van der Waals surface area contributed by atoms with Crippen LogP contribution in [0.2, 0.25) is 0 Å². The number of carbonyl (C=O) groups is 3. The van der Waals surface area contributed by atoms with Crippen molar-refractivity contribution in [3.05, 3.63) is 54.1 Å². The number of hydrogen-bond acceptors (Lipinski definition) is 5. The maximum Gasteiger partial charge on any atom is 0.408 e. The third kappa shape index (κ3) is 9.22. The fourth-order valence-electron chi connectivity index (χ4n) is 2.78. The molecule has 1 atom stereocenters. The van der Waals surface area contributed by atoms with E-state index in [4.69, 9.17) is 9.47 Å². The van der Waals surface area contributed by atoms with Gasteiger partial charge in [-0.3, -0.25) is 9.59 Å². The maximum atomic E-state index is 12.5. The molecule has 0 heterocycles. The topological polar surface area (TPSA) is 106 Å². The molecule has 8 nitrogen and oxygen atoms in total. The highest BCUT2D eigenvalue weighted by Crippen LogP contribution is 2.20. The number of nitrogens with one attached hydrogen (secondary N) is 3. The quantitative estimate of drug-likeness (QED) is 0.536. The Balaban J connectivity index is 1.87. The summed E-state index contributed by atoms with van der Waals surface area (Å²) in [7, 11) is 0. The second-order valence-corrected chi connectivity index (χ2v) is 8.96. The Morgan fingerprint density at radius 3 is 2.09 bits per heavy atom. The van der Waals surface area contributed by atoms with Gasteiger partial charge in [0.15, 0.2) is 6.10 Å². The second kappa shape index (κ2) is 11.4. The number of alkyl carbamates (subject to hydrolysis) is 1. The number of carbonyl (C=O) groups excluding carboxylic acids is 3. The summed E-state index contributed by atoms with van der Waals surface area (Å²) >= 11 is 0. The van der Waals surface area contributed by atoms with Crippen molar-refractivity contribution in [1.82, 2.24) is 5.32 Å². The molecule has 0 aliphatic carbocycles. The molecule has 3 amide bonds. The molecule has 3 N–H and O–H groups in total. The van der Waals surface area contributed by atoms with E-state index in [1.165, 1.54) is 5.56 Å². The largest absolute Gasteiger partial charge is 0.481 e. The molecule has 2 rings (SSSR count). The number of benzene rings is 2. The van der Waals surface area contributed by atoms with Gasteiger partial charge in [-0.05, 0) is 69.5 Å². The van der Waals surface area contributed by atoms with E-state index in [0.717, 1.165) is 0 Å². The van der Waals surface area contributed by atoms with Crippen LogP contribution in [0, 0.1) is 0 Å². The van der Waals surface area contributed by atoms with E-state index in [-0.39, 0.29) is 12.5 Å². The van der Waals surface area contributed by atoms with E-state index in [0.29, 0.717) is 23.0 Å². The first-order valence-corrected chi connectivity index (χ1v) is 10.9. The van der Waals surface area contributed by atoms with Gasteiger partial charge in [-0.15, -0.1) is 0 Å². The Hall–Kier alpha value is -3.55. The van der Waals surface area contributed by atoms with E-state index in [9.17, 15) is 14.4 Å². The van der Waals surface area contributed by atoms with E-state index in [2.05, 4.69) is 29.8 Å². The van der Waals surface area contributed by atoms with Crippen LogP contribution in [-0.4, -0.2) is 36.2 Å². The van der Waals surface area contributed by atoms with Crippen LogP contribution in [0.3, 0.4) is 0 Å².